The van der Waals surface area contributed by atoms with Crippen LogP contribution in [0.5, 0.6) is 5.75 Å². The lowest BCUT2D eigenvalue weighted by molar-refractivity contribution is -0.145. The van der Waals surface area contributed by atoms with Crippen LogP contribution in [0.15, 0.2) is 34.3 Å². The fourth-order valence-electron chi connectivity index (χ4n) is 1.76. The summed E-state index contributed by atoms with van der Waals surface area (Å²) in [4.78, 5) is 26.8. The molecule has 0 aliphatic heterocycles. The van der Waals surface area contributed by atoms with E-state index >= 15 is 0 Å². The number of esters is 1. The minimum Gasteiger partial charge on any atom is -0.482 e. The third-order valence-corrected chi connectivity index (χ3v) is 3.71. The zero-order chi connectivity index (χ0) is 18.2. The zero-order valence-electron chi connectivity index (χ0n) is 13.7. The maximum Gasteiger partial charge on any atom is 0.344 e. The van der Waals surface area contributed by atoms with E-state index in [9.17, 15) is 14.7 Å². The van der Waals surface area contributed by atoms with E-state index in [-0.39, 0.29) is 11.5 Å². The maximum absolute atomic E-state index is 11.4. The number of aromatic amines is 1. The summed E-state index contributed by atoms with van der Waals surface area (Å²) in [6, 6.07) is 6.67. The van der Waals surface area contributed by atoms with Crippen LogP contribution in [0.25, 0.3) is 6.08 Å². The SMILES string of the molecule is CCOC(=O)COc1ccc(/C=C(\Sc2n[nH]c(C)n2)C(=O)O)cc1. The van der Waals surface area contributed by atoms with E-state index in [1.165, 1.54) is 6.08 Å². The van der Waals surface area contributed by atoms with E-state index in [1.54, 1.807) is 38.1 Å². The lowest BCUT2D eigenvalue weighted by Gasteiger charge is -2.06. The molecule has 0 aliphatic rings. The second kappa shape index (κ2) is 8.88. The van der Waals surface area contributed by atoms with Gasteiger partial charge in [0.15, 0.2) is 6.61 Å². The van der Waals surface area contributed by atoms with Crippen LogP contribution in [0.3, 0.4) is 0 Å². The molecule has 0 aliphatic carbocycles. The first-order valence-corrected chi connectivity index (χ1v) is 8.20. The van der Waals surface area contributed by atoms with Crippen molar-refractivity contribution in [2.45, 2.75) is 19.0 Å². The van der Waals surface area contributed by atoms with E-state index < -0.39 is 11.9 Å². The van der Waals surface area contributed by atoms with Crippen LogP contribution in [0.1, 0.15) is 18.3 Å². The van der Waals surface area contributed by atoms with Gasteiger partial charge >= 0.3 is 11.9 Å². The summed E-state index contributed by atoms with van der Waals surface area (Å²) in [5.41, 5.74) is 0.667. The van der Waals surface area contributed by atoms with Crippen LogP contribution in [0.2, 0.25) is 0 Å². The third-order valence-electron chi connectivity index (χ3n) is 2.83. The highest BCUT2D eigenvalue weighted by Crippen LogP contribution is 2.26. The number of ether oxygens (including phenoxy) is 2. The minimum absolute atomic E-state index is 0.0826. The summed E-state index contributed by atoms with van der Waals surface area (Å²) in [7, 11) is 0. The molecule has 0 spiro atoms. The Morgan fingerprint density at radius 1 is 1.32 bits per heavy atom. The molecule has 0 unspecified atom stereocenters. The molecule has 0 amide bonds. The van der Waals surface area contributed by atoms with Crippen molar-refractivity contribution in [2.24, 2.45) is 0 Å². The van der Waals surface area contributed by atoms with Crippen LogP contribution in [0, 0.1) is 6.92 Å². The summed E-state index contributed by atoms with van der Waals surface area (Å²) >= 11 is 0.952. The van der Waals surface area contributed by atoms with Gasteiger partial charge in [-0.3, -0.25) is 5.10 Å². The fourth-order valence-corrected chi connectivity index (χ4v) is 2.51. The predicted octanol–water partition coefficient (Wildman–Crippen LogP) is 2.27. The van der Waals surface area contributed by atoms with Gasteiger partial charge in [-0.15, -0.1) is 5.10 Å². The fraction of sp³-hybridized carbons (Fsp3) is 0.250. The highest BCUT2D eigenvalue weighted by Gasteiger charge is 2.13. The van der Waals surface area contributed by atoms with Gasteiger partial charge in [0.25, 0.3) is 0 Å². The molecule has 0 bridgehead atoms. The molecule has 0 fully saturated rings. The summed E-state index contributed by atoms with van der Waals surface area (Å²) in [5, 5.41) is 16.2. The summed E-state index contributed by atoms with van der Waals surface area (Å²) in [5.74, 6) is -0.428. The molecule has 1 heterocycles. The number of carboxylic acid groups (broad SMARTS) is 1. The number of aliphatic carboxylic acids is 1. The second-order valence-corrected chi connectivity index (χ2v) is 5.79. The van der Waals surface area contributed by atoms with Gasteiger partial charge in [-0.1, -0.05) is 12.1 Å². The lowest BCUT2D eigenvalue weighted by atomic mass is 10.2. The van der Waals surface area contributed by atoms with Crippen LogP contribution < -0.4 is 4.74 Å². The first-order chi connectivity index (χ1) is 12.0. The summed E-state index contributed by atoms with van der Waals surface area (Å²) < 4.78 is 10.1. The van der Waals surface area contributed by atoms with Gasteiger partial charge in [-0.05, 0) is 49.4 Å². The Bertz CT molecular complexity index is 770. The number of H-pyrrole nitrogens is 1. The van der Waals surface area contributed by atoms with E-state index in [0.717, 1.165) is 11.8 Å². The number of carboxylic acids is 1. The van der Waals surface area contributed by atoms with E-state index in [0.29, 0.717) is 28.9 Å². The molecular formula is C16H17N3O5S. The van der Waals surface area contributed by atoms with E-state index in [4.69, 9.17) is 9.47 Å². The number of thioether (sulfide) groups is 1. The van der Waals surface area contributed by atoms with Crippen molar-refractivity contribution in [1.82, 2.24) is 15.2 Å². The molecule has 1 aromatic heterocycles. The molecule has 2 rings (SSSR count). The molecule has 0 saturated carbocycles. The topological polar surface area (TPSA) is 114 Å². The van der Waals surface area contributed by atoms with Crippen molar-refractivity contribution in [2.75, 3.05) is 13.2 Å². The van der Waals surface area contributed by atoms with Crippen molar-refractivity contribution in [1.29, 1.82) is 0 Å². The van der Waals surface area contributed by atoms with Gasteiger partial charge in [0.05, 0.1) is 6.61 Å². The van der Waals surface area contributed by atoms with Crippen molar-refractivity contribution >= 4 is 29.8 Å². The number of carbonyl (C=O) groups excluding carboxylic acids is 1. The van der Waals surface area contributed by atoms with Crippen molar-refractivity contribution < 1.29 is 24.2 Å². The Morgan fingerprint density at radius 3 is 2.60 bits per heavy atom. The largest absolute Gasteiger partial charge is 0.482 e. The first-order valence-electron chi connectivity index (χ1n) is 7.38. The number of nitrogens with zero attached hydrogens (tertiary/aromatic N) is 2. The normalized spacial score (nSPS) is 11.2. The van der Waals surface area contributed by atoms with Gasteiger partial charge in [0, 0.05) is 0 Å². The Labute approximate surface area is 148 Å². The molecule has 2 aromatic rings. The number of aromatic nitrogens is 3. The van der Waals surface area contributed by atoms with Crippen LogP contribution >= 0.6 is 11.8 Å². The molecular weight excluding hydrogens is 346 g/mol. The highest BCUT2D eigenvalue weighted by molar-refractivity contribution is 8.04. The molecule has 25 heavy (non-hydrogen) atoms. The van der Waals surface area contributed by atoms with Gasteiger partial charge in [0.1, 0.15) is 16.5 Å². The van der Waals surface area contributed by atoms with Crippen molar-refractivity contribution in [3.8, 4) is 5.75 Å². The van der Waals surface area contributed by atoms with Crippen molar-refractivity contribution in [3.63, 3.8) is 0 Å². The number of rotatable bonds is 8. The number of carbonyl (C=O) groups is 2. The maximum atomic E-state index is 11.4. The van der Waals surface area contributed by atoms with Gasteiger partial charge in [0.2, 0.25) is 5.16 Å². The molecule has 0 atom stereocenters. The Balaban J connectivity index is 2.04. The molecule has 8 nitrogen and oxygen atoms in total. The molecule has 2 N–H and O–H groups in total. The van der Waals surface area contributed by atoms with Crippen LogP contribution in [-0.4, -0.2) is 45.4 Å². The molecule has 9 heteroatoms. The standard InChI is InChI=1S/C16H17N3O5S/c1-3-23-14(20)9-24-12-6-4-11(5-7-12)8-13(15(21)22)25-16-17-10(2)18-19-16/h4-8H,3,9H2,1-2H3,(H,21,22)(H,17,18,19)/b13-8-. The average molecular weight is 363 g/mol. The van der Waals surface area contributed by atoms with Crippen LogP contribution in [0.4, 0.5) is 0 Å². The second-order valence-electron chi connectivity index (χ2n) is 4.78. The monoisotopic (exact) mass is 363 g/mol. The van der Waals surface area contributed by atoms with Crippen molar-refractivity contribution in [3.05, 3.63) is 40.6 Å². The number of benzene rings is 1. The Kier molecular flexibility index (Phi) is 6.58. The summed E-state index contributed by atoms with van der Waals surface area (Å²) in [6.45, 7) is 3.57. The molecule has 1 aromatic carbocycles. The Morgan fingerprint density at radius 2 is 2.04 bits per heavy atom. The van der Waals surface area contributed by atoms with E-state index in [2.05, 4.69) is 15.2 Å². The lowest BCUT2D eigenvalue weighted by Crippen LogP contribution is -2.14. The third kappa shape index (κ3) is 5.96. The molecule has 0 radical (unpaired) electrons. The summed E-state index contributed by atoms with van der Waals surface area (Å²) in [6.07, 6.45) is 1.51. The van der Waals surface area contributed by atoms with E-state index in [1.807, 2.05) is 0 Å². The zero-order valence-corrected chi connectivity index (χ0v) is 14.5. The minimum atomic E-state index is -1.07. The van der Waals surface area contributed by atoms with Crippen LogP contribution in [-0.2, 0) is 14.3 Å². The van der Waals surface area contributed by atoms with Gasteiger partial charge < -0.3 is 14.6 Å². The Hall–Kier alpha value is -2.81. The predicted molar refractivity (Wildman–Crippen MR) is 91.2 cm³/mol. The molecule has 0 saturated heterocycles. The number of hydrogen-bond donors (Lipinski definition) is 2. The smallest absolute Gasteiger partial charge is 0.344 e. The average Bonchev–Trinajstić information content (AvgIpc) is 2.99. The first kappa shape index (κ1) is 18.5. The molecule has 132 valence electrons. The number of aryl methyl sites for hydroxylation is 1. The number of hydrogen-bond acceptors (Lipinski definition) is 7. The quantitative estimate of drug-likeness (QED) is 0.417. The highest BCUT2D eigenvalue weighted by atomic mass is 32.2. The number of nitrogens with one attached hydrogen (secondary N) is 1. The van der Waals surface area contributed by atoms with Gasteiger partial charge in [-0.25, -0.2) is 14.6 Å². The van der Waals surface area contributed by atoms with Gasteiger partial charge in [-0.2, -0.15) is 0 Å².